The van der Waals surface area contributed by atoms with E-state index in [2.05, 4.69) is 55.8 Å². The number of benzene rings is 2. The molecule has 102 valence electrons. The molecule has 4 heteroatoms. The zero-order valence-electron chi connectivity index (χ0n) is 11.0. The van der Waals surface area contributed by atoms with Crippen LogP contribution in [0.4, 0.5) is 0 Å². The van der Waals surface area contributed by atoms with Gasteiger partial charge in [-0.15, -0.1) is 0 Å². The highest BCUT2D eigenvalue weighted by Gasteiger charge is 2.08. The summed E-state index contributed by atoms with van der Waals surface area (Å²) in [7, 11) is 0. The molecule has 1 aromatic heterocycles. The lowest BCUT2D eigenvalue weighted by atomic mass is 10.1. The Hall–Kier alpha value is -1.65. The molecule has 1 unspecified atom stereocenters. The van der Waals surface area contributed by atoms with Crippen LogP contribution in [0.1, 0.15) is 5.56 Å². The van der Waals surface area contributed by atoms with Gasteiger partial charge in [0.1, 0.15) is 0 Å². The van der Waals surface area contributed by atoms with Crippen LogP contribution in [0.5, 0.6) is 0 Å². The minimum Gasteiger partial charge on any atom is -0.329 e. The van der Waals surface area contributed by atoms with Gasteiger partial charge in [0.2, 0.25) is 0 Å². The molecule has 3 nitrogen and oxygen atoms in total. The fourth-order valence-electron chi connectivity index (χ4n) is 2.40. The van der Waals surface area contributed by atoms with E-state index in [4.69, 9.17) is 5.73 Å². The third-order valence-corrected chi connectivity index (χ3v) is 3.90. The van der Waals surface area contributed by atoms with Crippen molar-refractivity contribution in [3.05, 3.63) is 64.9 Å². The normalized spacial score (nSPS) is 12.7. The number of nitrogens with zero attached hydrogens (tertiary/aromatic N) is 2. The zero-order chi connectivity index (χ0) is 13.9. The van der Waals surface area contributed by atoms with E-state index in [0.717, 1.165) is 28.5 Å². The summed E-state index contributed by atoms with van der Waals surface area (Å²) in [5, 5.41) is 0. The van der Waals surface area contributed by atoms with E-state index >= 15 is 0 Å². The van der Waals surface area contributed by atoms with E-state index < -0.39 is 0 Å². The van der Waals surface area contributed by atoms with Crippen molar-refractivity contribution in [2.75, 3.05) is 0 Å². The highest BCUT2D eigenvalue weighted by Crippen LogP contribution is 2.14. The number of nitrogens with two attached hydrogens (primary N) is 1. The maximum atomic E-state index is 6.27. The van der Waals surface area contributed by atoms with Gasteiger partial charge in [-0.2, -0.15) is 0 Å². The van der Waals surface area contributed by atoms with E-state index in [1.54, 1.807) is 0 Å². The van der Waals surface area contributed by atoms with Crippen molar-refractivity contribution in [3.63, 3.8) is 0 Å². The molecule has 0 fully saturated rings. The Labute approximate surface area is 126 Å². The molecule has 0 spiro atoms. The number of hydrogen-bond acceptors (Lipinski definition) is 2. The minimum absolute atomic E-state index is 0.0776. The first-order valence-corrected chi connectivity index (χ1v) is 7.41. The lowest BCUT2D eigenvalue weighted by Crippen LogP contribution is -2.28. The molecule has 0 amide bonds. The van der Waals surface area contributed by atoms with Gasteiger partial charge in [0.15, 0.2) is 0 Å². The lowest BCUT2D eigenvalue weighted by molar-refractivity contribution is 0.559. The molecule has 1 heterocycles. The van der Waals surface area contributed by atoms with Gasteiger partial charge < -0.3 is 10.3 Å². The predicted octanol–water partition coefficient (Wildman–Crippen LogP) is 3.37. The molecule has 0 aliphatic carbocycles. The number of fused-ring (bicyclic) bond motifs is 1. The van der Waals surface area contributed by atoms with Crippen molar-refractivity contribution < 1.29 is 0 Å². The van der Waals surface area contributed by atoms with Crippen LogP contribution in [0.3, 0.4) is 0 Å². The Morgan fingerprint density at radius 3 is 2.65 bits per heavy atom. The van der Waals surface area contributed by atoms with Crippen LogP contribution in [0.25, 0.3) is 11.0 Å². The summed E-state index contributed by atoms with van der Waals surface area (Å²) in [6.07, 6.45) is 2.73. The highest BCUT2D eigenvalue weighted by atomic mass is 79.9. The Bertz CT molecular complexity index is 703. The molecule has 20 heavy (non-hydrogen) atoms. The smallest absolute Gasteiger partial charge is 0.0958 e. The second-order valence-electron chi connectivity index (χ2n) is 4.98. The van der Waals surface area contributed by atoms with Gasteiger partial charge in [0, 0.05) is 17.1 Å². The van der Waals surface area contributed by atoms with Crippen molar-refractivity contribution in [1.82, 2.24) is 9.55 Å². The van der Waals surface area contributed by atoms with Gasteiger partial charge in [-0.1, -0.05) is 40.2 Å². The van der Waals surface area contributed by atoms with Gasteiger partial charge in [0.25, 0.3) is 0 Å². The SMILES string of the molecule is NC(Cc1ccc(Br)cc1)Cn1cnc2ccccc21. The van der Waals surface area contributed by atoms with Crippen molar-refractivity contribution in [2.45, 2.75) is 19.0 Å². The van der Waals surface area contributed by atoms with Gasteiger partial charge in [0.05, 0.1) is 17.4 Å². The first-order chi connectivity index (χ1) is 9.72. The van der Waals surface area contributed by atoms with Crippen LogP contribution < -0.4 is 5.73 Å². The number of imidazole rings is 1. The Morgan fingerprint density at radius 1 is 1.10 bits per heavy atom. The van der Waals surface area contributed by atoms with Crippen LogP contribution >= 0.6 is 15.9 Å². The number of hydrogen-bond donors (Lipinski definition) is 1. The molecule has 2 N–H and O–H groups in total. The molecular weight excluding hydrogens is 314 g/mol. The van der Waals surface area contributed by atoms with Crippen LogP contribution in [0.2, 0.25) is 0 Å². The molecule has 0 aliphatic heterocycles. The Balaban J connectivity index is 1.72. The molecular formula is C16H16BrN3. The molecule has 1 atom stereocenters. The summed E-state index contributed by atoms with van der Waals surface area (Å²) in [5.41, 5.74) is 9.68. The largest absolute Gasteiger partial charge is 0.329 e. The van der Waals surface area contributed by atoms with E-state index in [0.29, 0.717) is 0 Å². The highest BCUT2D eigenvalue weighted by molar-refractivity contribution is 9.10. The third kappa shape index (κ3) is 2.92. The number of aromatic nitrogens is 2. The average Bonchev–Trinajstić information content (AvgIpc) is 2.85. The molecule has 0 radical (unpaired) electrons. The lowest BCUT2D eigenvalue weighted by Gasteiger charge is -2.13. The van der Waals surface area contributed by atoms with Crippen LogP contribution in [-0.4, -0.2) is 15.6 Å². The number of halogens is 1. The van der Waals surface area contributed by atoms with E-state index in [9.17, 15) is 0 Å². The summed E-state index contributed by atoms with van der Waals surface area (Å²) in [6, 6.07) is 16.5. The Kier molecular flexibility index (Phi) is 3.85. The van der Waals surface area contributed by atoms with Gasteiger partial charge in [-0.05, 0) is 36.2 Å². The average molecular weight is 330 g/mol. The molecule has 2 aromatic carbocycles. The van der Waals surface area contributed by atoms with Crippen LogP contribution in [-0.2, 0) is 13.0 Å². The topological polar surface area (TPSA) is 43.8 Å². The first-order valence-electron chi connectivity index (χ1n) is 6.62. The molecule has 0 aliphatic rings. The predicted molar refractivity (Wildman–Crippen MR) is 85.6 cm³/mol. The first kappa shape index (κ1) is 13.3. The summed E-state index contributed by atoms with van der Waals surface area (Å²) in [4.78, 5) is 4.39. The van der Waals surface area contributed by atoms with Gasteiger partial charge in [-0.25, -0.2) is 4.98 Å². The molecule has 0 saturated carbocycles. The molecule has 0 saturated heterocycles. The van der Waals surface area contributed by atoms with Crippen molar-refractivity contribution in [1.29, 1.82) is 0 Å². The van der Waals surface area contributed by atoms with E-state index in [1.165, 1.54) is 5.56 Å². The molecule has 3 rings (SSSR count). The summed E-state index contributed by atoms with van der Waals surface area (Å²) < 4.78 is 3.22. The zero-order valence-corrected chi connectivity index (χ0v) is 12.6. The van der Waals surface area contributed by atoms with Crippen molar-refractivity contribution >= 4 is 27.0 Å². The Morgan fingerprint density at radius 2 is 1.85 bits per heavy atom. The van der Waals surface area contributed by atoms with E-state index in [1.807, 2.05) is 24.5 Å². The maximum Gasteiger partial charge on any atom is 0.0958 e. The third-order valence-electron chi connectivity index (χ3n) is 3.37. The van der Waals surface area contributed by atoms with Crippen LogP contribution in [0.15, 0.2) is 59.3 Å². The van der Waals surface area contributed by atoms with Crippen molar-refractivity contribution in [3.8, 4) is 0 Å². The maximum absolute atomic E-state index is 6.27. The number of para-hydroxylation sites is 2. The summed E-state index contributed by atoms with van der Waals surface area (Å²) in [5.74, 6) is 0. The molecule has 0 bridgehead atoms. The fourth-order valence-corrected chi connectivity index (χ4v) is 2.66. The van der Waals surface area contributed by atoms with Gasteiger partial charge in [-0.3, -0.25) is 0 Å². The number of rotatable bonds is 4. The standard InChI is InChI=1S/C16H16BrN3/c17-13-7-5-12(6-8-13)9-14(18)10-20-11-19-15-3-1-2-4-16(15)20/h1-8,11,14H,9-10,18H2. The summed E-state index contributed by atoms with van der Waals surface area (Å²) in [6.45, 7) is 0.774. The van der Waals surface area contributed by atoms with Gasteiger partial charge >= 0.3 is 0 Å². The quantitative estimate of drug-likeness (QED) is 0.797. The van der Waals surface area contributed by atoms with E-state index in [-0.39, 0.29) is 6.04 Å². The van der Waals surface area contributed by atoms with Crippen LogP contribution in [0, 0.1) is 0 Å². The fraction of sp³-hybridized carbons (Fsp3) is 0.188. The second kappa shape index (κ2) is 5.77. The van der Waals surface area contributed by atoms with Crippen molar-refractivity contribution in [2.24, 2.45) is 5.73 Å². The monoisotopic (exact) mass is 329 g/mol. The summed E-state index contributed by atoms with van der Waals surface area (Å²) >= 11 is 3.44. The molecule has 3 aromatic rings. The second-order valence-corrected chi connectivity index (χ2v) is 5.89. The minimum atomic E-state index is 0.0776.